The molecular weight excluding hydrogens is 328 g/mol. The quantitative estimate of drug-likeness (QED) is 0.590. The van der Waals surface area contributed by atoms with Gasteiger partial charge in [0.05, 0.1) is 11.5 Å². The number of hydrogen-bond donors (Lipinski definition) is 0. The van der Waals surface area contributed by atoms with Gasteiger partial charge in [0.2, 0.25) is 11.6 Å². The number of amides is 1. The van der Waals surface area contributed by atoms with Gasteiger partial charge in [-0.1, -0.05) is 0 Å². The standard InChI is InChI=1S/C15H22N6O4/c1-2-25-15(22)20-9-7-19(8-10-20)14-12(21(23)24)13(16-11-17-14)18-5-3-4-6-18/h11H,2-10H2,1H3. The molecule has 0 atom stereocenters. The normalized spacial score (nSPS) is 17.7. The molecule has 0 saturated carbocycles. The van der Waals surface area contributed by atoms with Gasteiger partial charge in [-0.2, -0.15) is 0 Å². The highest BCUT2D eigenvalue weighted by atomic mass is 16.6. The topological polar surface area (TPSA) is 105 Å². The summed E-state index contributed by atoms with van der Waals surface area (Å²) in [6, 6.07) is 0. The molecule has 0 aliphatic carbocycles. The molecule has 2 aliphatic rings. The minimum atomic E-state index is -0.402. The molecule has 2 fully saturated rings. The maximum Gasteiger partial charge on any atom is 0.409 e. The van der Waals surface area contributed by atoms with Gasteiger partial charge in [-0.25, -0.2) is 14.8 Å². The molecule has 1 aromatic heterocycles. The number of aromatic nitrogens is 2. The Morgan fingerprint density at radius 2 is 1.68 bits per heavy atom. The highest BCUT2D eigenvalue weighted by molar-refractivity contribution is 5.72. The fraction of sp³-hybridized carbons (Fsp3) is 0.667. The first-order chi connectivity index (χ1) is 12.1. The van der Waals surface area contributed by atoms with Gasteiger partial charge in [0.1, 0.15) is 6.33 Å². The predicted octanol–water partition coefficient (Wildman–Crippen LogP) is 1.26. The van der Waals surface area contributed by atoms with Gasteiger partial charge in [-0.15, -0.1) is 0 Å². The molecule has 2 aliphatic heterocycles. The monoisotopic (exact) mass is 350 g/mol. The molecule has 2 saturated heterocycles. The smallest absolute Gasteiger partial charge is 0.409 e. The lowest BCUT2D eigenvalue weighted by Gasteiger charge is -2.34. The zero-order valence-corrected chi connectivity index (χ0v) is 14.3. The Kier molecular flexibility index (Phi) is 5.15. The van der Waals surface area contributed by atoms with E-state index in [2.05, 4.69) is 9.97 Å². The first kappa shape index (κ1) is 17.2. The Bertz CT molecular complexity index is 641. The van der Waals surface area contributed by atoms with Crippen LogP contribution in [0.15, 0.2) is 6.33 Å². The number of rotatable bonds is 4. The van der Waals surface area contributed by atoms with Crippen LogP contribution in [-0.2, 0) is 4.74 Å². The van der Waals surface area contributed by atoms with Crippen molar-refractivity contribution in [3.8, 4) is 0 Å². The second-order valence-corrected chi connectivity index (χ2v) is 5.99. The predicted molar refractivity (Wildman–Crippen MR) is 90.9 cm³/mol. The SMILES string of the molecule is CCOC(=O)N1CCN(c2ncnc(N3CCCC3)c2[N+](=O)[O-])CC1. The second-order valence-electron chi connectivity index (χ2n) is 5.99. The van der Waals surface area contributed by atoms with Crippen LogP contribution in [0.1, 0.15) is 19.8 Å². The minimum Gasteiger partial charge on any atom is -0.450 e. The fourth-order valence-corrected chi connectivity index (χ4v) is 3.23. The molecule has 136 valence electrons. The lowest BCUT2D eigenvalue weighted by atomic mass is 10.3. The largest absolute Gasteiger partial charge is 0.450 e. The van der Waals surface area contributed by atoms with E-state index in [0.717, 1.165) is 25.9 Å². The van der Waals surface area contributed by atoms with E-state index >= 15 is 0 Å². The van der Waals surface area contributed by atoms with Gasteiger partial charge in [-0.3, -0.25) is 10.1 Å². The molecule has 1 aromatic rings. The molecule has 0 bridgehead atoms. The number of ether oxygens (including phenoxy) is 1. The second kappa shape index (κ2) is 7.49. The van der Waals surface area contributed by atoms with Gasteiger partial charge in [0.15, 0.2) is 0 Å². The van der Waals surface area contributed by atoms with E-state index in [1.54, 1.807) is 11.8 Å². The zero-order chi connectivity index (χ0) is 17.8. The molecule has 0 N–H and O–H groups in total. The molecule has 10 heteroatoms. The Morgan fingerprint density at radius 1 is 1.12 bits per heavy atom. The van der Waals surface area contributed by atoms with Crippen molar-refractivity contribution in [2.45, 2.75) is 19.8 Å². The van der Waals surface area contributed by atoms with Crippen molar-refractivity contribution >= 4 is 23.4 Å². The molecule has 1 amide bonds. The molecule has 10 nitrogen and oxygen atoms in total. The highest BCUT2D eigenvalue weighted by Crippen LogP contribution is 2.35. The van der Waals surface area contributed by atoms with Crippen molar-refractivity contribution in [1.29, 1.82) is 0 Å². The van der Waals surface area contributed by atoms with Crippen LogP contribution in [0.4, 0.5) is 22.1 Å². The number of nitro groups is 1. The van der Waals surface area contributed by atoms with Crippen molar-refractivity contribution in [3.63, 3.8) is 0 Å². The van der Waals surface area contributed by atoms with Gasteiger partial charge in [-0.05, 0) is 19.8 Å². The molecule has 0 radical (unpaired) electrons. The van der Waals surface area contributed by atoms with E-state index in [9.17, 15) is 14.9 Å². The molecule has 25 heavy (non-hydrogen) atoms. The third-order valence-electron chi connectivity index (χ3n) is 4.48. The van der Waals surface area contributed by atoms with Gasteiger partial charge >= 0.3 is 11.8 Å². The number of carbonyl (C=O) groups is 1. The summed E-state index contributed by atoms with van der Waals surface area (Å²) in [6.07, 6.45) is 3.05. The fourth-order valence-electron chi connectivity index (χ4n) is 3.23. The van der Waals surface area contributed by atoms with Crippen molar-refractivity contribution in [2.75, 3.05) is 55.7 Å². The molecule has 3 heterocycles. The van der Waals surface area contributed by atoms with Crippen LogP contribution in [-0.4, -0.2) is 71.8 Å². The van der Waals surface area contributed by atoms with Crippen molar-refractivity contribution in [2.24, 2.45) is 0 Å². The number of carbonyl (C=O) groups excluding carboxylic acids is 1. The minimum absolute atomic E-state index is 0.0472. The third-order valence-corrected chi connectivity index (χ3v) is 4.48. The highest BCUT2D eigenvalue weighted by Gasteiger charge is 2.33. The maximum absolute atomic E-state index is 11.8. The number of nitrogens with zero attached hydrogens (tertiary/aromatic N) is 6. The summed E-state index contributed by atoms with van der Waals surface area (Å²) in [5, 5.41) is 11.7. The van der Waals surface area contributed by atoms with E-state index < -0.39 is 4.92 Å². The van der Waals surface area contributed by atoms with Crippen LogP contribution in [0, 0.1) is 10.1 Å². The van der Waals surface area contributed by atoms with E-state index in [0.29, 0.717) is 44.4 Å². The Labute approximate surface area is 145 Å². The Hall–Kier alpha value is -2.65. The molecule has 0 unspecified atom stereocenters. The van der Waals surface area contributed by atoms with E-state index in [-0.39, 0.29) is 11.8 Å². The van der Waals surface area contributed by atoms with Crippen molar-refractivity contribution in [1.82, 2.24) is 14.9 Å². The van der Waals surface area contributed by atoms with E-state index in [1.165, 1.54) is 6.33 Å². The lowest BCUT2D eigenvalue weighted by Crippen LogP contribution is -2.49. The average molecular weight is 350 g/mol. The Morgan fingerprint density at radius 3 is 2.20 bits per heavy atom. The van der Waals surface area contributed by atoms with Crippen LogP contribution >= 0.6 is 0 Å². The summed E-state index contributed by atoms with van der Waals surface area (Å²) >= 11 is 0. The summed E-state index contributed by atoms with van der Waals surface area (Å²) < 4.78 is 5.00. The van der Waals surface area contributed by atoms with Crippen LogP contribution in [0.2, 0.25) is 0 Å². The lowest BCUT2D eigenvalue weighted by molar-refractivity contribution is -0.383. The Balaban J connectivity index is 1.80. The molecule has 0 aromatic carbocycles. The van der Waals surface area contributed by atoms with Crippen LogP contribution in [0.3, 0.4) is 0 Å². The first-order valence-corrected chi connectivity index (χ1v) is 8.52. The summed E-state index contributed by atoms with van der Waals surface area (Å²) in [5.74, 6) is 0.714. The van der Waals surface area contributed by atoms with Crippen molar-refractivity contribution < 1.29 is 14.5 Å². The summed E-state index contributed by atoms with van der Waals surface area (Å²) in [5.41, 5.74) is -0.0472. The summed E-state index contributed by atoms with van der Waals surface area (Å²) in [6.45, 7) is 5.46. The van der Waals surface area contributed by atoms with Crippen LogP contribution < -0.4 is 9.80 Å². The summed E-state index contributed by atoms with van der Waals surface area (Å²) in [4.78, 5) is 36.8. The van der Waals surface area contributed by atoms with Crippen LogP contribution in [0.25, 0.3) is 0 Å². The number of hydrogen-bond acceptors (Lipinski definition) is 8. The third kappa shape index (κ3) is 3.57. The molecule has 0 spiro atoms. The average Bonchev–Trinajstić information content (AvgIpc) is 3.16. The maximum atomic E-state index is 11.8. The number of anilines is 2. The van der Waals surface area contributed by atoms with E-state index in [4.69, 9.17) is 4.74 Å². The van der Waals surface area contributed by atoms with Gasteiger partial charge in [0, 0.05) is 39.3 Å². The first-order valence-electron chi connectivity index (χ1n) is 8.52. The molecular formula is C15H22N6O4. The van der Waals surface area contributed by atoms with Gasteiger partial charge in [0.25, 0.3) is 0 Å². The summed E-state index contributed by atoms with van der Waals surface area (Å²) in [7, 11) is 0. The molecule has 3 rings (SSSR count). The van der Waals surface area contributed by atoms with Gasteiger partial charge < -0.3 is 19.4 Å². The van der Waals surface area contributed by atoms with E-state index in [1.807, 2.05) is 9.80 Å². The zero-order valence-electron chi connectivity index (χ0n) is 14.3. The van der Waals surface area contributed by atoms with Crippen LogP contribution in [0.5, 0.6) is 0 Å². The van der Waals surface area contributed by atoms with Crippen molar-refractivity contribution in [3.05, 3.63) is 16.4 Å². The number of piperazine rings is 1.